The average molecular weight is 574 g/mol. The number of alkyl halides is 4. The molecule has 0 radical (unpaired) electrons. The molecule has 5 N–H and O–H groups in total. The van der Waals surface area contributed by atoms with Crippen LogP contribution in [0.5, 0.6) is 0 Å². The van der Waals surface area contributed by atoms with Crippen LogP contribution in [-0.4, -0.2) is 52.0 Å². The Bertz CT molecular complexity index is 1430. The third-order valence-corrected chi connectivity index (χ3v) is 7.01. The zero-order valence-corrected chi connectivity index (χ0v) is 21.2. The molecule has 2 atom stereocenters. The molecule has 1 heterocycles. The number of aromatic amines is 1. The molecule has 3 rings (SSSR count). The summed E-state index contributed by atoms with van der Waals surface area (Å²) in [5.41, 5.74) is 3.63. The van der Waals surface area contributed by atoms with Crippen molar-refractivity contribution in [2.45, 2.75) is 17.2 Å². The Morgan fingerprint density at radius 3 is 2.51 bits per heavy atom. The van der Waals surface area contributed by atoms with Crippen LogP contribution in [0.15, 0.2) is 70.6 Å². The lowest BCUT2D eigenvalue weighted by atomic mass is 9.87. The molecule has 0 aliphatic heterocycles. The number of H-pyrrole nitrogens is 1. The fourth-order valence-electron chi connectivity index (χ4n) is 3.72. The number of Topliss-reactive ketones (excluding diaryl/α,β-unsaturated/α-hetero) is 1. The summed E-state index contributed by atoms with van der Waals surface area (Å²) in [6, 6.07) is 2.47. The Balaban J connectivity index is 1.89. The van der Waals surface area contributed by atoms with Crippen molar-refractivity contribution in [2.75, 3.05) is 20.3 Å². The second-order valence-corrected chi connectivity index (χ2v) is 9.83. The van der Waals surface area contributed by atoms with Gasteiger partial charge in [0.15, 0.2) is 12.0 Å². The molecular weight excluding hydrogens is 549 g/mol. The first kappa shape index (κ1) is 29.6. The van der Waals surface area contributed by atoms with Gasteiger partial charge < -0.3 is 20.8 Å². The Morgan fingerprint density at radius 2 is 1.92 bits per heavy atom. The van der Waals surface area contributed by atoms with Gasteiger partial charge in [-0.05, 0) is 36.4 Å². The van der Waals surface area contributed by atoms with Crippen molar-refractivity contribution in [3.05, 3.63) is 77.4 Å². The maximum absolute atomic E-state index is 15.5. The number of nitrogens with two attached hydrogens (primary N) is 1. The van der Waals surface area contributed by atoms with Crippen molar-refractivity contribution in [3.63, 3.8) is 0 Å². The Morgan fingerprint density at radius 1 is 1.26 bits per heavy atom. The molecular formula is C24H24F5N5O4S. The molecule has 9 nitrogen and oxygen atoms in total. The molecule has 15 heteroatoms. The van der Waals surface area contributed by atoms with Gasteiger partial charge in [-0.2, -0.15) is 13.2 Å². The lowest BCUT2D eigenvalue weighted by Gasteiger charge is -2.25. The molecule has 0 amide bonds. The van der Waals surface area contributed by atoms with Gasteiger partial charge in [-0.3, -0.25) is 9.52 Å². The monoisotopic (exact) mass is 573 g/mol. The molecule has 0 fully saturated rings. The molecule has 39 heavy (non-hydrogen) atoms. The Hall–Kier alpha value is -3.98. The van der Waals surface area contributed by atoms with Crippen LogP contribution >= 0.6 is 0 Å². The van der Waals surface area contributed by atoms with Gasteiger partial charge in [0.1, 0.15) is 17.6 Å². The maximum atomic E-state index is 15.5. The van der Waals surface area contributed by atoms with Crippen molar-refractivity contribution >= 4 is 33.7 Å². The van der Waals surface area contributed by atoms with E-state index in [1.54, 1.807) is 0 Å². The third kappa shape index (κ3) is 6.54. The van der Waals surface area contributed by atoms with Crippen LogP contribution in [0.3, 0.4) is 0 Å². The molecule has 1 aromatic heterocycles. The lowest BCUT2D eigenvalue weighted by Crippen LogP contribution is -2.37. The number of aromatic nitrogens is 1. The molecule has 0 bridgehead atoms. The molecule has 1 unspecified atom stereocenters. The predicted octanol–water partition coefficient (Wildman–Crippen LogP) is 3.73. The van der Waals surface area contributed by atoms with Gasteiger partial charge in [0.05, 0.1) is 34.7 Å². The highest BCUT2D eigenvalue weighted by Gasteiger charge is 2.40. The van der Waals surface area contributed by atoms with E-state index in [9.17, 15) is 30.8 Å². The zero-order chi connectivity index (χ0) is 29.0. The van der Waals surface area contributed by atoms with E-state index in [4.69, 9.17) is 10.5 Å². The predicted molar refractivity (Wildman–Crippen MR) is 134 cm³/mol. The number of ether oxygens (including phenoxy) is 1. The van der Waals surface area contributed by atoms with E-state index in [1.807, 2.05) is 4.72 Å². The molecule has 0 saturated carbocycles. The summed E-state index contributed by atoms with van der Waals surface area (Å²) in [5.74, 6) is -4.25. The average Bonchev–Trinajstić information content (AvgIpc) is 3.29. The highest BCUT2D eigenvalue weighted by atomic mass is 32.2. The topological polar surface area (TPSA) is 139 Å². The summed E-state index contributed by atoms with van der Waals surface area (Å²) in [4.78, 5) is 19.4. The zero-order valence-electron chi connectivity index (χ0n) is 20.4. The summed E-state index contributed by atoms with van der Waals surface area (Å²) in [6.07, 6.45) is -3.58. The van der Waals surface area contributed by atoms with E-state index in [0.717, 1.165) is 24.7 Å². The minimum Gasteiger partial charge on any atom is -0.390 e. The first-order chi connectivity index (χ1) is 18.3. The van der Waals surface area contributed by atoms with Crippen molar-refractivity contribution < 1.29 is 39.9 Å². The van der Waals surface area contributed by atoms with E-state index in [0.29, 0.717) is 24.3 Å². The summed E-state index contributed by atoms with van der Waals surface area (Å²) < 4.78 is 101. The van der Waals surface area contributed by atoms with E-state index < -0.39 is 56.1 Å². The fraction of sp³-hybridized carbons (Fsp3) is 0.250. The van der Waals surface area contributed by atoms with Crippen LogP contribution in [0, 0.1) is 5.92 Å². The Labute approximate surface area is 220 Å². The van der Waals surface area contributed by atoms with Crippen molar-refractivity contribution in [1.82, 2.24) is 15.0 Å². The number of carbonyl (C=O) groups excluding carboxylic acids is 1. The minimum absolute atomic E-state index is 0.0742. The van der Waals surface area contributed by atoms with Gasteiger partial charge >= 0.3 is 6.18 Å². The molecule has 1 aliphatic rings. The number of hydrogen-bond donors (Lipinski definition) is 4. The summed E-state index contributed by atoms with van der Waals surface area (Å²) in [6.45, 7) is 4.39. The molecule has 0 saturated heterocycles. The maximum Gasteiger partial charge on any atom is 0.416 e. The summed E-state index contributed by atoms with van der Waals surface area (Å²) in [5, 5.41) is 2.89. The fourth-order valence-corrected chi connectivity index (χ4v) is 4.82. The SMILES string of the molecule is C=C(NCCOC)c1c(C(=O)C2C(F)=CC=C(NS(=O)(=O)c3ccc(C(F)(F)F)cc3)[C@H]2F)c[nH]c1/N=C\N. The van der Waals surface area contributed by atoms with Crippen molar-refractivity contribution in [1.29, 1.82) is 0 Å². The molecule has 2 aromatic rings. The van der Waals surface area contributed by atoms with Crippen LogP contribution in [0.4, 0.5) is 27.8 Å². The first-order valence-electron chi connectivity index (χ1n) is 11.1. The standard InChI is InChI=1S/C24H24F5N5O4S/c1-13(31-9-10-38-2)19-16(11-32-23(19)33-12-30)22(35)20-17(25)7-8-18(21(20)26)34-39(36,37)15-5-3-14(4-6-15)24(27,28)29/h3-8,11-12,20-21,31-32,34H,1,9-10H2,2H3,(H2,30,33)/t20?,21-/m1/s1. The smallest absolute Gasteiger partial charge is 0.390 e. The number of sulfonamides is 1. The molecule has 1 aliphatic carbocycles. The Kier molecular flexibility index (Phi) is 8.96. The minimum atomic E-state index is -4.70. The van der Waals surface area contributed by atoms with Crippen LogP contribution in [0.2, 0.25) is 0 Å². The van der Waals surface area contributed by atoms with Crippen LogP contribution in [0.1, 0.15) is 21.5 Å². The number of hydrogen-bond acceptors (Lipinski definition) is 6. The summed E-state index contributed by atoms with van der Waals surface area (Å²) >= 11 is 0. The second-order valence-electron chi connectivity index (χ2n) is 8.15. The van der Waals surface area contributed by atoms with Gasteiger partial charge in [0.2, 0.25) is 0 Å². The number of methoxy groups -OCH3 is 1. The quantitative estimate of drug-likeness (QED) is 0.106. The van der Waals surface area contributed by atoms with Crippen LogP contribution in [-0.2, 0) is 20.9 Å². The van der Waals surface area contributed by atoms with E-state index >= 15 is 4.39 Å². The highest BCUT2D eigenvalue weighted by molar-refractivity contribution is 7.89. The number of halogens is 5. The number of benzene rings is 1. The number of nitrogens with zero attached hydrogens (tertiary/aromatic N) is 1. The van der Waals surface area contributed by atoms with Crippen molar-refractivity contribution in [3.8, 4) is 0 Å². The van der Waals surface area contributed by atoms with Crippen LogP contribution < -0.4 is 15.8 Å². The number of carbonyl (C=O) groups is 1. The largest absolute Gasteiger partial charge is 0.416 e. The van der Waals surface area contributed by atoms with E-state index in [-0.39, 0.29) is 35.8 Å². The highest BCUT2D eigenvalue weighted by Crippen LogP contribution is 2.36. The number of allylic oxidation sites excluding steroid dienone is 4. The second kappa shape index (κ2) is 11.8. The normalized spacial score (nSPS) is 18.0. The van der Waals surface area contributed by atoms with Gasteiger partial charge in [-0.25, -0.2) is 22.2 Å². The molecule has 0 spiro atoms. The number of nitrogens with one attached hydrogen (secondary N) is 3. The van der Waals surface area contributed by atoms with Gasteiger partial charge in [-0.15, -0.1) is 0 Å². The van der Waals surface area contributed by atoms with E-state index in [2.05, 4.69) is 21.9 Å². The van der Waals surface area contributed by atoms with Gasteiger partial charge in [0.25, 0.3) is 10.0 Å². The van der Waals surface area contributed by atoms with Crippen LogP contribution in [0.25, 0.3) is 5.70 Å². The number of ketones is 1. The summed E-state index contributed by atoms with van der Waals surface area (Å²) in [7, 11) is -3.12. The number of aliphatic imine (C=N–C) groups is 1. The molecule has 210 valence electrons. The van der Waals surface area contributed by atoms with Gasteiger partial charge in [0, 0.05) is 31.1 Å². The third-order valence-electron chi connectivity index (χ3n) is 5.61. The lowest BCUT2D eigenvalue weighted by molar-refractivity contribution is -0.137. The molecule has 1 aromatic carbocycles. The first-order valence-corrected chi connectivity index (χ1v) is 12.6. The number of rotatable bonds is 11. The van der Waals surface area contributed by atoms with Gasteiger partial charge in [-0.1, -0.05) is 6.58 Å². The van der Waals surface area contributed by atoms with Crippen molar-refractivity contribution in [2.24, 2.45) is 16.6 Å². The van der Waals surface area contributed by atoms with E-state index in [1.165, 1.54) is 7.11 Å².